The van der Waals surface area contributed by atoms with Gasteiger partial charge >= 0.3 is 0 Å². The van der Waals surface area contributed by atoms with Gasteiger partial charge in [0.2, 0.25) is 0 Å². The van der Waals surface area contributed by atoms with E-state index in [1.165, 1.54) is 54.2 Å². The highest BCUT2D eigenvalue weighted by molar-refractivity contribution is 6.21. The van der Waals surface area contributed by atoms with Gasteiger partial charge < -0.3 is 0 Å². The number of rotatable bonds is 0. The minimum Gasteiger partial charge on any atom is -0.0619 e. The van der Waals surface area contributed by atoms with Gasteiger partial charge in [0.25, 0.3) is 0 Å². The maximum absolute atomic E-state index is 2.38. The molecule has 0 aromatic heterocycles. The lowest BCUT2D eigenvalue weighted by molar-refractivity contribution is 1.15. The zero-order valence-corrected chi connectivity index (χ0v) is 13.8. The largest absolute Gasteiger partial charge is 0.0619 e. The minimum atomic E-state index is 1.02. The molecule has 1 aliphatic rings. The van der Waals surface area contributed by atoms with Crippen LogP contribution in [0.1, 0.15) is 16.7 Å². The van der Waals surface area contributed by atoms with Crippen LogP contribution < -0.4 is 5.22 Å². The van der Waals surface area contributed by atoms with Gasteiger partial charge in [-0.05, 0) is 72.8 Å². The quantitative estimate of drug-likeness (QED) is 0.253. The molecule has 0 spiro atoms. The lowest BCUT2D eigenvalue weighted by Gasteiger charge is -2.16. The van der Waals surface area contributed by atoms with Gasteiger partial charge in [0.05, 0.1) is 0 Å². The van der Waals surface area contributed by atoms with Crippen LogP contribution in [-0.2, 0) is 6.42 Å². The Morgan fingerprint density at radius 2 is 1.40 bits per heavy atom. The molecular weight excluding hydrogens is 300 g/mol. The maximum atomic E-state index is 2.38. The summed E-state index contributed by atoms with van der Waals surface area (Å²) in [5.41, 5.74) is 4.21. The predicted molar refractivity (Wildman–Crippen MR) is 107 cm³/mol. The molecule has 0 saturated carbocycles. The average Bonchev–Trinajstić information content (AvgIpc) is 2.67. The summed E-state index contributed by atoms with van der Waals surface area (Å²) in [6.07, 6.45) is 3.40. The van der Waals surface area contributed by atoms with E-state index < -0.39 is 0 Å². The molecule has 0 amide bonds. The molecule has 0 bridgehead atoms. The highest BCUT2D eigenvalue weighted by Gasteiger charge is 2.13. The van der Waals surface area contributed by atoms with Crippen LogP contribution in [0.3, 0.4) is 0 Å². The Kier molecular flexibility index (Phi) is 2.48. The van der Waals surface area contributed by atoms with Gasteiger partial charge in [-0.2, -0.15) is 0 Å². The summed E-state index contributed by atoms with van der Waals surface area (Å²) in [5, 5.41) is 9.53. The molecule has 0 saturated heterocycles. The normalized spacial score (nSPS) is 13.0. The monoisotopic (exact) mass is 316 g/mol. The van der Waals surface area contributed by atoms with Crippen molar-refractivity contribution in [3.05, 3.63) is 101 Å². The van der Waals surface area contributed by atoms with Gasteiger partial charge in [0.1, 0.15) is 0 Å². The second kappa shape index (κ2) is 4.70. The van der Waals surface area contributed by atoms with Gasteiger partial charge in [0, 0.05) is 0 Å². The Hall–Kier alpha value is -3.12. The first-order valence-corrected chi connectivity index (χ1v) is 8.84. The van der Waals surface area contributed by atoms with Gasteiger partial charge in [0.15, 0.2) is 0 Å². The van der Waals surface area contributed by atoms with Gasteiger partial charge in [-0.3, -0.25) is 0 Å². The van der Waals surface area contributed by atoms with E-state index in [0.717, 1.165) is 6.42 Å². The van der Waals surface area contributed by atoms with Crippen LogP contribution in [0.5, 0.6) is 0 Å². The maximum Gasteiger partial charge on any atom is -0.00137 e. The zero-order valence-electron chi connectivity index (χ0n) is 13.8. The third-order valence-corrected chi connectivity index (χ3v) is 5.64. The molecule has 116 valence electrons. The molecule has 6 rings (SSSR count). The molecule has 0 fully saturated rings. The molecule has 0 heteroatoms. The van der Waals surface area contributed by atoms with E-state index in [1.807, 2.05) is 0 Å². The minimum absolute atomic E-state index is 1.02. The summed E-state index contributed by atoms with van der Waals surface area (Å²) in [6, 6.07) is 29.0. The first-order chi connectivity index (χ1) is 12.4. The van der Waals surface area contributed by atoms with Crippen molar-refractivity contribution in [3.8, 4) is 0 Å². The molecule has 5 aromatic rings. The van der Waals surface area contributed by atoms with Crippen molar-refractivity contribution in [2.75, 3.05) is 0 Å². The Balaban J connectivity index is 1.85. The molecule has 5 aromatic carbocycles. The molecule has 0 nitrogen and oxygen atoms in total. The average molecular weight is 316 g/mol. The van der Waals surface area contributed by atoms with Crippen molar-refractivity contribution < 1.29 is 0 Å². The molecule has 1 aliphatic carbocycles. The van der Waals surface area contributed by atoms with Crippen LogP contribution in [0.2, 0.25) is 0 Å². The third-order valence-electron chi connectivity index (χ3n) is 5.64. The Bertz CT molecular complexity index is 1350. The molecule has 0 N–H and O–H groups in total. The van der Waals surface area contributed by atoms with Gasteiger partial charge in [-0.15, -0.1) is 0 Å². The molecule has 0 atom stereocenters. The predicted octanol–water partition coefficient (Wildman–Crippen LogP) is 5.60. The van der Waals surface area contributed by atoms with Crippen LogP contribution in [0.4, 0.5) is 0 Å². The standard InChI is InChI=1S/C25H16/c1-2-6-18-14-23-19(13-17(18)5-1)11-12-21-22-10-4-8-16-7-3-9-20(25(16)22)15-24(21)23/h1-12,14-15H,13H2. The van der Waals surface area contributed by atoms with Crippen LogP contribution >= 0.6 is 0 Å². The van der Waals surface area contributed by atoms with Gasteiger partial charge in [-0.25, -0.2) is 0 Å². The van der Waals surface area contributed by atoms with Crippen LogP contribution in [0.25, 0.3) is 38.4 Å². The zero-order chi connectivity index (χ0) is 16.4. The summed E-state index contributed by atoms with van der Waals surface area (Å²) in [7, 11) is 0. The van der Waals surface area contributed by atoms with E-state index in [0.29, 0.717) is 0 Å². The number of benzene rings is 5. The molecule has 0 aliphatic heterocycles. The highest BCUT2D eigenvalue weighted by Crippen LogP contribution is 2.33. The van der Waals surface area contributed by atoms with Crippen LogP contribution in [0, 0.1) is 0 Å². The second-order valence-corrected chi connectivity index (χ2v) is 7.01. The first-order valence-electron chi connectivity index (χ1n) is 8.84. The van der Waals surface area contributed by atoms with Crippen LogP contribution in [0.15, 0.2) is 78.9 Å². The van der Waals surface area contributed by atoms with Crippen molar-refractivity contribution in [2.24, 2.45) is 0 Å². The van der Waals surface area contributed by atoms with Crippen molar-refractivity contribution in [1.29, 1.82) is 0 Å². The molecule has 0 heterocycles. The molecular formula is C25H16. The fraction of sp³-hybridized carbons (Fsp3) is 0.0400. The Labute approximate surface area is 146 Å². The summed E-state index contributed by atoms with van der Waals surface area (Å²) >= 11 is 0. The molecule has 0 radical (unpaired) electrons. The summed E-state index contributed by atoms with van der Waals surface area (Å²) in [6.45, 7) is 0. The third kappa shape index (κ3) is 1.77. The summed E-state index contributed by atoms with van der Waals surface area (Å²) in [5.74, 6) is 0. The van der Waals surface area contributed by atoms with Crippen molar-refractivity contribution in [1.82, 2.24) is 0 Å². The van der Waals surface area contributed by atoms with Gasteiger partial charge in [-0.1, -0.05) is 72.8 Å². The second-order valence-electron chi connectivity index (χ2n) is 7.01. The number of hydrogen-bond acceptors (Lipinski definition) is 0. The van der Waals surface area contributed by atoms with E-state index in [1.54, 1.807) is 0 Å². The lowest BCUT2D eigenvalue weighted by atomic mass is 9.87. The SMILES string of the molecule is C1=c2c(ccc3c2cc2cccc4cccc3c42)Cc2ccccc21. The van der Waals surface area contributed by atoms with E-state index in [-0.39, 0.29) is 0 Å². The Morgan fingerprint density at radius 1 is 0.560 bits per heavy atom. The highest BCUT2D eigenvalue weighted by atomic mass is 14.2. The topological polar surface area (TPSA) is 0 Å². The van der Waals surface area contributed by atoms with Crippen molar-refractivity contribution >= 4 is 38.4 Å². The first kappa shape index (κ1) is 13.2. The number of fused-ring (bicyclic) bond motifs is 5. The smallest absolute Gasteiger partial charge is 0.00137 e. The number of hydrogen-bond donors (Lipinski definition) is 0. The Morgan fingerprint density at radius 3 is 2.36 bits per heavy atom. The van der Waals surface area contributed by atoms with E-state index in [4.69, 9.17) is 0 Å². The van der Waals surface area contributed by atoms with Crippen molar-refractivity contribution in [3.63, 3.8) is 0 Å². The lowest BCUT2D eigenvalue weighted by Crippen LogP contribution is -2.16. The molecule has 0 unspecified atom stereocenters. The molecule has 25 heavy (non-hydrogen) atoms. The van der Waals surface area contributed by atoms with E-state index in [9.17, 15) is 0 Å². The van der Waals surface area contributed by atoms with E-state index >= 15 is 0 Å². The van der Waals surface area contributed by atoms with E-state index in [2.05, 4.69) is 84.9 Å². The van der Waals surface area contributed by atoms with Crippen LogP contribution in [-0.4, -0.2) is 0 Å². The summed E-state index contributed by atoms with van der Waals surface area (Å²) < 4.78 is 0. The fourth-order valence-corrected chi connectivity index (χ4v) is 4.46. The van der Waals surface area contributed by atoms with Crippen molar-refractivity contribution in [2.45, 2.75) is 6.42 Å². The summed E-state index contributed by atoms with van der Waals surface area (Å²) in [4.78, 5) is 0. The fourth-order valence-electron chi connectivity index (χ4n) is 4.46.